The van der Waals surface area contributed by atoms with Gasteiger partial charge in [0.25, 0.3) is 0 Å². The molecule has 2 heteroatoms. The molecule has 0 fully saturated rings. The van der Waals surface area contributed by atoms with Gasteiger partial charge in [-0.3, -0.25) is 0 Å². The van der Waals surface area contributed by atoms with Crippen LogP contribution >= 0.6 is 0 Å². The van der Waals surface area contributed by atoms with Gasteiger partial charge in [0.2, 0.25) is 0 Å². The van der Waals surface area contributed by atoms with E-state index in [9.17, 15) is 0 Å². The van der Waals surface area contributed by atoms with Crippen LogP contribution < -0.4 is 10.5 Å². The summed E-state index contributed by atoms with van der Waals surface area (Å²) in [4.78, 5) is 0. The van der Waals surface area contributed by atoms with E-state index >= 15 is 0 Å². The molecule has 0 spiro atoms. The molecule has 0 saturated heterocycles. The summed E-state index contributed by atoms with van der Waals surface area (Å²) in [5.74, 6) is 0.913. The van der Waals surface area contributed by atoms with Gasteiger partial charge in [-0.2, -0.15) is 0 Å². The molecule has 0 aliphatic heterocycles. The summed E-state index contributed by atoms with van der Waals surface area (Å²) in [5, 5.41) is 0. The van der Waals surface area contributed by atoms with E-state index in [1.54, 1.807) is 0 Å². The quantitative estimate of drug-likeness (QED) is 0.887. The molecule has 2 rings (SSSR count). The van der Waals surface area contributed by atoms with E-state index in [0.29, 0.717) is 6.61 Å². The van der Waals surface area contributed by atoms with Gasteiger partial charge in [-0.1, -0.05) is 48.5 Å². The maximum Gasteiger partial charge on any atom is 0.127 e. The first-order valence-corrected chi connectivity index (χ1v) is 6.20. The predicted molar refractivity (Wildman–Crippen MR) is 74.6 cm³/mol. The fraction of sp³-hybridized carbons (Fsp3) is 0.250. The van der Waals surface area contributed by atoms with Crippen molar-refractivity contribution in [1.82, 2.24) is 0 Å². The molecule has 1 atom stereocenters. The maximum atomic E-state index is 5.97. The van der Waals surface area contributed by atoms with Crippen molar-refractivity contribution in [2.24, 2.45) is 5.73 Å². The van der Waals surface area contributed by atoms with Crippen LogP contribution in [0.2, 0.25) is 0 Å². The number of hydrogen-bond acceptors (Lipinski definition) is 2. The number of benzene rings is 2. The third kappa shape index (κ3) is 2.90. The Morgan fingerprint density at radius 3 is 2.44 bits per heavy atom. The van der Waals surface area contributed by atoms with Crippen molar-refractivity contribution >= 4 is 0 Å². The Morgan fingerprint density at radius 1 is 1.06 bits per heavy atom. The van der Waals surface area contributed by atoms with Gasteiger partial charge >= 0.3 is 0 Å². The zero-order valence-electron chi connectivity index (χ0n) is 10.9. The summed E-state index contributed by atoms with van der Waals surface area (Å²) in [6.07, 6.45) is 0. The van der Waals surface area contributed by atoms with Crippen molar-refractivity contribution in [1.29, 1.82) is 0 Å². The van der Waals surface area contributed by atoms with Crippen LogP contribution in [-0.4, -0.2) is 0 Å². The minimum atomic E-state index is -0.0179. The number of hydrogen-bond donors (Lipinski definition) is 1. The molecule has 1 unspecified atom stereocenters. The van der Waals surface area contributed by atoms with E-state index in [2.05, 4.69) is 12.1 Å². The monoisotopic (exact) mass is 241 g/mol. The molecule has 0 saturated carbocycles. The molecule has 0 aliphatic rings. The lowest BCUT2D eigenvalue weighted by Gasteiger charge is -2.16. The van der Waals surface area contributed by atoms with Crippen LogP contribution in [0.4, 0.5) is 0 Å². The van der Waals surface area contributed by atoms with Gasteiger partial charge in [-0.15, -0.1) is 0 Å². The fourth-order valence-electron chi connectivity index (χ4n) is 1.96. The Balaban J connectivity index is 2.19. The molecule has 0 aromatic heterocycles. The summed E-state index contributed by atoms with van der Waals surface area (Å²) < 4.78 is 5.94. The number of rotatable bonds is 4. The highest BCUT2D eigenvalue weighted by Gasteiger charge is 2.10. The van der Waals surface area contributed by atoms with Crippen LogP contribution in [0, 0.1) is 6.92 Å². The van der Waals surface area contributed by atoms with Gasteiger partial charge in [0.1, 0.15) is 12.4 Å². The van der Waals surface area contributed by atoms with Crippen LogP contribution in [0.25, 0.3) is 0 Å². The first-order chi connectivity index (χ1) is 8.68. The van der Waals surface area contributed by atoms with E-state index in [1.807, 2.05) is 50.2 Å². The number of para-hydroxylation sites is 1. The molecular formula is C16H19NO. The summed E-state index contributed by atoms with van der Waals surface area (Å²) in [5.41, 5.74) is 9.32. The lowest BCUT2D eigenvalue weighted by atomic mass is 10.0. The van der Waals surface area contributed by atoms with Crippen LogP contribution in [0.3, 0.4) is 0 Å². The van der Waals surface area contributed by atoms with Crippen LogP contribution in [0.1, 0.15) is 29.7 Å². The summed E-state index contributed by atoms with van der Waals surface area (Å²) in [7, 11) is 0. The number of nitrogens with two attached hydrogens (primary N) is 1. The lowest BCUT2D eigenvalue weighted by Crippen LogP contribution is -2.09. The Bertz CT molecular complexity index is 506. The lowest BCUT2D eigenvalue weighted by molar-refractivity contribution is 0.299. The zero-order valence-corrected chi connectivity index (χ0v) is 10.9. The topological polar surface area (TPSA) is 35.2 Å². The third-order valence-corrected chi connectivity index (χ3v) is 2.96. The van der Waals surface area contributed by atoms with Gasteiger partial charge in [0.15, 0.2) is 0 Å². The van der Waals surface area contributed by atoms with Crippen molar-refractivity contribution in [3.8, 4) is 5.75 Å². The first kappa shape index (κ1) is 12.7. The van der Waals surface area contributed by atoms with Gasteiger partial charge < -0.3 is 10.5 Å². The van der Waals surface area contributed by atoms with E-state index in [0.717, 1.165) is 22.4 Å². The maximum absolute atomic E-state index is 5.97. The zero-order chi connectivity index (χ0) is 13.0. The van der Waals surface area contributed by atoms with Crippen molar-refractivity contribution in [2.45, 2.75) is 26.5 Å². The molecule has 2 N–H and O–H groups in total. The SMILES string of the molecule is Cc1cccc(C(C)N)c1OCc1ccccc1. The molecule has 2 aromatic rings. The normalized spacial score (nSPS) is 12.2. The van der Waals surface area contributed by atoms with Crippen molar-refractivity contribution < 1.29 is 4.74 Å². The highest BCUT2D eigenvalue weighted by molar-refractivity contribution is 5.42. The number of aryl methyl sites for hydroxylation is 1. The van der Waals surface area contributed by atoms with Gasteiger partial charge in [-0.05, 0) is 25.0 Å². The molecular weight excluding hydrogens is 222 g/mol. The van der Waals surface area contributed by atoms with E-state index in [4.69, 9.17) is 10.5 Å². The molecule has 94 valence electrons. The molecule has 18 heavy (non-hydrogen) atoms. The van der Waals surface area contributed by atoms with Crippen LogP contribution in [-0.2, 0) is 6.61 Å². The van der Waals surface area contributed by atoms with E-state index in [1.165, 1.54) is 0 Å². The molecule has 0 amide bonds. The average molecular weight is 241 g/mol. The molecule has 0 radical (unpaired) electrons. The highest BCUT2D eigenvalue weighted by Crippen LogP contribution is 2.28. The smallest absolute Gasteiger partial charge is 0.127 e. The predicted octanol–water partition coefficient (Wildman–Crippen LogP) is 3.59. The van der Waals surface area contributed by atoms with E-state index in [-0.39, 0.29) is 6.04 Å². The molecule has 2 aromatic carbocycles. The fourth-order valence-corrected chi connectivity index (χ4v) is 1.96. The largest absolute Gasteiger partial charge is 0.488 e. The van der Waals surface area contributed by atoms with Crippen LogP contribution in [0.5, 0.6) is 5.75 Å². The molecule has 0 heterocycles. The van der Waals surface area contributed by atoms with Crippen molar-refractivity contribution in [3.63, 3.8) is 0 Å². The highest BCUT2D eigenvalue weighted by atomic mass is 16.5. The molecule has 0 bridgehead atoms. The van der Waals surface area contributed by atoms with Crippen molar-refractivity contribution in [2.75, 3.05) is 0 Å². The Hall–Kier alpha value is -1.80. The second-order valence-electron chi connectivity index (χ2n) is 4.56. The van der Waals surface area contributed by atoms with Gasteiger partial charge in [-0.25, -0.2) is 0 Å². The minimum absolute atomic E-state index is 0.0179. The number of ether oxygens (including phenoxy) is 1. The molecule has 0 aliphatic carbocycles. The second-order valence-corrected chi connectivity index (χ2v) is 4.56. The summed E-state index contributed by atoms with van der Waals surface area (Å²) in [6.45, 7) is 4.60. The summed E-state index contributed by atoms with van der Waals surface area (Å²) >= 11 is 0. The van der Waals surface area contributed by atoms with Crippen LogP contribution in [0.15, 0.2) is 48.5 Å². The first-order valence-electron chi connectivity index (χ1n) is 6.20. The summed E-state index contributed by atoms with van der Waals surface area (Å²) in [6, 6.07) is 16.2. The molecule has 2 nitrogen and oxygen atoms in total. The minimum Gasteiger partial charge on any atom is -0.488 e. The Morgan fingerprint density at radius 2 is 1.78 bits per heavy atom. The van der Waals surface area contributed by atoms with Crippen molar-refractivity contribution in [3.05, 3.63) is 65.2 Å². The Labute approximate surface area is 108 Å². The standard InChI is InChI=1S/C16H19NO/c1-12-7-6-10-15(13(2)17)16(12)18-11-14-8-4-3-5-9-14/h3-10,13H,11,17H2,1-2H3. The third-order valence-electron chi connectivity index (χ3n) is 2.96. The Kier molecular flexibility index (Phi) is 4.00. The van der Waals surface area contributed by atoms with Gasteiger partial charge in [0, 0.05) is 11.6 Å². The van der Waals surface area contributed by atoms with E-state index < -0.39 is 0 Å². The van der Waals surface area contributed by atoms with Gasteiger partial charge in [0.05, 0.1) is 0 Å². The second kappa shape index (κ2) is 5.69. The average Bonchev–Trinajstić information content (AvgIpc) is 2.38.